The van der Waals surface area contributed by atoms with Gasteiger partial charge in [-0.1, -0.05) is 62.4 Å². The van der Waals surface area contributed by atoms with Gasteiger partial charge in [0, 0.05) is 51.7 Å². The number of nitrogens with one attached hydrogen (secondary N) is 1. The summed E-state index contributed by atoms with van der Waals surface area (Å²) >= 11 is 0. The summed E-state index contributed by atoms with van der Waals surface area (Å²) in [5.41, 5.74) is 3.73. The van der Waals surface area contributed by atoms with Gasteiger partial charge in [0.15, 0.2) is 0 Å². The smallest absolute Gasteiger partial charge is 0.253 e. The zero-order valence-corrected chi connectivity index (χ0v) is 24.7. The average Bonchev–Trinajstić information content (AvgIpc) is 3.01. The monoisotopic (exact) mass is 570 g/mol. The van der Waals surface area contributed by atoms with Crippen LogP contribution in [0.1, 0.15) is 36.1 Å². The number of amides is 2. The fraction of sp³-hybridized carbons (Fsp3) is 0.250. The zero-order valence-electron chi connectivity index (χ0n) is 24.7. The number of aromatic nitrogens is 4. The van der Waals surface area contributed by atoms with Gasteiger partial charge in [-0.15, -0.1) is 0 Å². The van der Waals surface area contributed by atoms with Crippen molar-refractivity contribution < 1.29 is 9.59 Å². The molecule has 0 saturated carbocycles. The van der Waals surface area contributed by atoms with Gasteiger partial charge in [0.1, 0.15) is 0 Å². The van der Waals surface area contributed by atoms with E-state index in [-0.39, 0.29) is 22.9 Å². The van der Waals surface area contributed by atoms with Crippen LogP contribution in [0.2, 0.25) is 0 Å². The minimum atomic E-state index is -0.143. The molecule has 2 aromatic carbocycles. The number of rotatable bonds is 8. The van der Waals surface area contributed by atoms with E-state index in [1.807, 2.05) is 62.4 Å². The first-order valence-corrected chi connectivity index (χ1v) is 13.5. The van der Waals surface area contributed by atoms with E-state index >= 15 is 0 Å². The molecule has 4 rings (SSSR count). The molecule has 2 heterocycles. The molecule has 0 radical (unpaired) electrons. The molecule has 2 aromatic heterocycles. The van der Waals surface area contributed by atoms with Gasteiger partial charge in [-0.05, 0) is 28.3 Å². The van der Waals surface area contributed by atoms with E-state index in [2.05, 4.69) is 15.3 Å². The number of hydrogen-bond acceptors (Lipinski definition) is 6. The van der Waals surface area contributed by atoms with Gasteiger partial charge >= 0.3 is 0 Å². The highest BCUT2D eigenvalue weighted by Gasteiger charge is 2.05. The lowest BCUT2D eigenvalue weighted by atomic mass is 10.1. The summed E-state index contributed by atoms with van der Waals surface area (Å²) in [4.78, 5) is 55.3. The predicted molar refractivity (Wildman–Crippen MR) is 165 cm³/mol. The Kier molecular flexibility index (Phi) is 13.8. The number of benzene rings is 2. The molecule has 10 heteroatoms. The molecular formula is C32H38N6O4. The van der Waals surface area contributed by atoms with E-state index in [1.54, 1.807) is 36.7 Å². The third-order valence-electron chi connectivity index (χ3n) is 5.82. The fourth-order valence-electron chi connectivity index (χ4n) is 3.47. The quantitative estimate of drug-likeness (QED) is 0.326. The molecule has 0 fully saturated rings. The molecular weight excluding hydrogens is 532 g/mol. The van der Waals surface area contributed by atoms with Crippen molar-refractivity contribution >= 4 is 17.9 Å². The van der Waals surface area contributed by atoms with Crippen molar-refractivity contribution in [3.8, 4) is 0 Å². The maximum absolute atomic E-state index is 11.6. The van der Waals surface area contributed by atoms with E-state index in [0.717, 1.165) is 22.3 Å². The normalized spacial score (nSPS) is 10.1. The van der Waals surface area contributed by atoms with Crippen LogP contribution in [-0.4, -0.2) is 57.0 Å². The minimum absolute atomic E-state index is 0.0706. The van der Waals surface area contributed by atoms with Crippen molar-refractivity contribution in [1.82, 2.24) is 29.3 Å². The molecule has 10 nitrogen and oxygen atoms in total. The van der Waals surface area contributed by atoms with Crippen molar-refractivity contribution in [2.75, 3.05) is 21.1 Å². The molecule has 0 aliphatic rings. The maximum atomic E-state index is 11.6. The second-order valence-corrected chi connectivity index (χ2v) is 9.06. The highest BCUT2D eigenvalue weighted by Crippen LogP contribution is 2.08. The Hall–Kier alpha value is -5.12. The van der Waals surface area contributed by atoms with Crippen molar-refractivity contribution in [2.24, 2.45) is 0 Å². The molecule has 2 amide bonds. The van der Waals surface area contributed by atoms with Crippen LogP contribution in [0, 0.1) is 0 Å². The van der Waals surface area contributed by atoms with Crippen molar-refractivity contribution in [3.63, 3.8) is 0 Å². The molecule has 0 saturated heterocycles. The van der Waals surface area contributed by atoms with Gasteiger partial charge in [-0.2, -0.15) is 0 Å². The van der Waals surface area contributed by atoms with Crippen molar-refractivity contribution in [1.29, 1.82) is 0 Å². The van der Waals surface area contributed by atoms with Crippen LogP contribution < -0.4 is 16.4 Å². The van der Waals surface area contributed by atoms with E-state index < -0.39 is 0 Å². The Morgan fingerprint density at radius 1 is 0.762 bits per heavy atom. The largest absolute Gasteiger partial charge is 0.356 e. The zero-order chi connectivity index (χ0) is 30.9. The van der Waals surface area contributed by atoms with Gasteiger partial charge in [0.25, 0.3) is 11.1 Å². The van der Waals surface area contributed by atoms with Crippen molar-refractivity contribution in [3.05, 3.63) is 135 Å². The summed E-state index contributed by atoms with van der Waals surface area (Å²) in [5.74, 6) is -0.0720. The first-order valence-electron chi connectivity index (χ1n) is 13.5. The number of likely N-dealkylation sites (N-methyl/N-ethyl adjacent to an activating group) is 2. The molecule has 0 atom stereocenters. The minimum Gasteiger partial charge on any atom is -0.356 e. The summed E-state index contributed by atoms with van der Waals surface area (Å²) in [7, 11) is 5.07. The van der Waals surface area contributed by atoms with Gasteiger partial charge in [-0.3, -0.25) is 28.3 Å². The lowest BCUT2D eigenvalue weighted by molar-refractivity contribution is -0.128. The highest BCUT2D eigenvalue weighted by molar-refractivity contribution is 5.91. The number of hydrogen-bond donors (Lipinski definition) is 1. The molecule has 42 heavy (non-hydrogen) atoms. The van der Waals surface area contributed by atoms with E-state index in [1.165, 1.54) is 47.8 Å². The number of carbonyl (C=O) groups excluding carboxylic acids is 2. The lowest BCUT2D eigenvalue weighted by Crippen LogP contribution is -2.23. The van der Waals surface area contributed by atoms with Gasteiger partial charge < -0.3 is 10.2 Å². The molecule has 0 aliphatic heterocycles. The lowest BCUT2D eigenvalue weighted by Gasteiger charge is -2.10. The van der Waals surface area contributed by atoms with Crippen LogP contribution in [0.3, 0.4) is 0 Å². The SMILES string of the molecule is CC.CN(C)C(=O)Cc1ccc(Cn2cnccc2=O)cc1.CNC(=O)/C=C/c1ccc(Cn2cnccc2=O)cc1. The number of carbonyl (C=O) groups is 2. The topological polar surface area (TPSA) is 119 Å². The van der Waals surface area contributed by atoms with E-state index in [4.69, 9.17) is 0 Å². The van der Waals surface area contributed by atoms with Crippen LogP contribution in [-0.2, 0) is 29.1 Å². The summed E-state index contributed by atoms with van der Waals surface area (Å²) in [6.45, 7) is 4.96. The van der Waals surface area contributed by atoms with Gasteiger partial charge in [-0.25, -0.2) is 9.97 Å². The van der Waals surface area contributed by atoms with Crippen LogP contribution >= 0.6 is 0 Å². The summed E-state index contributed by atoms with van der Waals surface area (Å²) in [6, 6.07) is 18.2. The Morgan fingerprint density at radius 2 is 1.21 bits per heavy atom. The fourth-order valence-corrected chi connectivity index (χ4v) is 3.47. The van der Waals surface area contributed by atoms with E-state index in [9.17, 15) is 19.2 Å². The molecule has 0 unspecified atom stereocenters. The van der Waals surface area contributed by atoms with Gasteiger partial charge in [0.2, 0.25) is 11.8 Å². The molecule has 1 N–H and O–H groups in total. The summed E-state index contributed by atoms with van der Waals surface area (Å²) < 4.78 is 3.08. The Balaban J connectivity index is 0.000000277. The molecule has 0 spiro atoms. The van der Waals surface area contributed by atoms with Crippen LogP contribution in [0.25, 0.3) is 6.08 Å². The number of nitrogens with zero attached hydrogens (tertiary/aromatic N) is 5. The maximum Gasteiger partial charge on any atom is 0.253 e. The van der Waals surface area contributed by atoms with Gasteiger partial charge in [0.05, 0.1) is 32.2 Å². The summed E-state index contributed by atoms with van der Waals surface area (Å²) in [6.07, 6.45) is 9.59. The second-order valence-electron chi connectivity index (χ2n) is 9.06. The average molecular weight is 571 g/mol. The first-order chi connectivity index (χ1) is 20.2. The molecule has 220 valence electrons. The van der Waals surface area contributed by atoms with Crippen LogP contribution in [0.5, 0.6) is 0 Å². The summed E-state index contributed by atoms with van der Waals surface area (Å²) in [5, 5.41) is 2.51. The first kappa shape index (κ1) is 33.1. The van der Waals surface area contributed by atoms with Crippen molar-refractivity contribution in [2.45, 2.75) is 33.4 Å². The molecule has 0 bridgehead atoms. The van der Waals surface area contributed by atoms with Crippen LogP contribution in [0.15, 0.2) is 101 Å². The molecule has 0 aliphatic carbocycles. The Bertz CT molecular complexity index is 1560. The second kappa shape index (κ2) is 17.5. The standard InChI is InChI=1S/C15H17N3O2.C15H15N3O2.C2H6/c1-17(2)15(20)9-12-3-5-13(6-4-12)10-18-11-16-8-7-14(18)19;1-16-14(19)7-6-12-2-4-13(5-3-12)10-18-11-17-9-8-15(18)20;1-2/h3-8,11H,9-10H2,1-2H3;2-9,11H,10H2,1H3,(H,16,19);1-2H3/b;7-6+;. The molecule has 4 aromatic rings. The Morgan fingerprint density at radius 3 is 1.64 bits per heavy atom. The highest BCUT2D eigenvalue weighted by atomic mass is 16.2. The predicted octanol–water partition coefficient (Wildman–Crippen LogP) is 3.00. The van der Waals surface area contributed by atoms with Crippen LogP contribution in [0.4, 0.5) is 0 Å². The third-order valence-corrected chi connectivity index (χ3v) is 5.82. The Labute approximate surface area is 246 Å². The third kappa shape index (κ3) is 11.2. The van der Waals surface area contributed by atoms with E-state index in [0.29, 0.717) is 19.5 Å².